The summed E-state index contributed by atoms with van der Waals surface area (Å²) in [6, 6.07) is 10.8. The molecule has 0 aromatic heterocycles. The lowest BCUT2D eigenvalue weighted by molar-refractivity contribution is -0.142. The van der Waals surface area contributed by atoms with Gasteiger partial charge in [0.25, 0.3) is 0 Å². The Morgan fingerprint density at radius 3 is 2.67 bits per heavy atom. The van der Waals surface area contributed by atoms with Crippen LogP contribution in [0.3, 0.4) is 0 Å². The van der Waals surface area contributed by atoms with Crippen LogP contribution < -0.4 is 5.32 Å². The number of imide groups is 1. The van der Waals surface area contributed by atoms with Crippen LogP contribution in [0.1, 0.15) is 32.3 Å². The fourth-order valence-electron chi connectivity index (χ4n) is 3.85. The van der Waals surface area contributed by atoms with Crippen molar-refractivity contribution in [2.75, 3.05) is 6.54 Å². The molecule has 2 saturated heterocycles. The maximum atomic E-state index is 12.0. The van der Waals surface area contributed by atoms with Gasteiger partial charge in [-0.1, -0.05) is 37.3 Å². The van der Waals surface area contributed by atoms with E-state index in [1.54, 1.807) is 0 Å². The Morgan fingerprint density at radius 1 is 1.24 bits per heavy atom. The Hall–Kier alpha value is -1.68. The van der Waals surface area contributed by atoms with Crippen LogP contribution in [-0.2, 0) is 16.1 Å². The highest BCUT2D eigenvalue weighted by molar-refractivity contribution is 5.99. The van der Waals surface area contributed by atoms with Gasteiger partial charge in [0.2, 0.25) is 11.8 Å². The third-order valence-electron chi connectivity index (χ3n) is 5.16. The van der Waals surface area contributed by atoms with Crippen molar-refractivity contribution in [3.63, 3.8) is 0 Å². The van der Waals surface area contributed by atoms with Gasteiger partial charge in [-0.25, -0.2) is 0 Å². The van der Waals surface area contributed by atoms with Crippen molar-refractivity contribution < 1.29 is 9.59 Å². The fraction of sp³-hybridized carbons (Fsp3) is 0.529. The first-order valence-corrected chi connectivity index (χ1v) is 7.62. The number of carbonyl (C=O) groups is 2. The van der Waals surface area contributed by atoms with Gasteiger partial charge in [-0.3, -0.25) is 19.8 Å². The molecule has 1 aromatic rings. The van der Waals surface area contributed by atoms with Crippen molar-refractivity contribution in [2.45, 2.75) is 39.3 Å². The SMILES string of the molecule is CC1CC2(CC(=O)NC(=O)C2C)CN1Cc1ccccc1. The lowest BCUT2D eigenvalue weighted by Crippen LogP contribution is -2.52. The minimum absolute atomic E-state index is 0.0987. The molecule has 0 radical (unpaired) electrons. The monoisotopic (exact) mass is 286 g/mol. The number of rotatable bonds is 2. The number of benzene rings is 1. The molecule has 2 fully saturated rings. The third-order valence-corrected chi connectivity index (χ3v) is 5.16. The van der Waals surface area contributed by atoms with Crippen LogP contribution in [0.15, 0.2) is 30.3 Å². The normalized spacial score (nSPS) is 33.4. The van der Waals surface area contributed by atoms with Gasteiger partial charge in [0.1, 0.15) is 0 Å². The van der Waals surface area contributed by atoms with Crippen molar-refractivity contribution in [1.29, 1.82) is 0 Å². The molecule has 2 heterocycles. The molecule has 112 valence electrons. The van der Waals surface area contributed by atoms with Crippen molar-refractivity contribution in [3.05, 3.63) is 35.9 Å². The summed E-state index contributed by atoms with van der Waals surface area (Å²) < 4.78 is 0. The maximum Gasteiger partial charge on any atom is 0.230 e. The summed E-state index contributed by atoms with van der Waals surface area (Å²) in [4.78, 5) is 26.2. The number of nitrogens with zero attached hydrogens (tertiary/aromatic N) is 1. The van der Waals surface area contributed by atoms with E-state index >= 15 is 0 Å². The van der Waals surface area contributed by atoms with Crippen LogP contribution in [0.25, 0.3) is 0 Å². The quantitative estimate of drug-likeness (QED) is 0.845. The summed E-state index contributed by atoms with van der Waals surface area (Å²) in [6.07, 6.45) is 1.38. The van der Waals surface area contributed by atoms with E-state index in [9.17, 15) is 9.59 Å². The van der Waals surface area contributed by atoms with Gasteiger partial charge in [-0.15, -0.1) is 0 Å². The minimum atomic E-state index is -0.187. The zero-order valence-corrected chi connectivity index (χ0v) is 12.6. The van der Waals surface area contributed by atoms with Crippen LogP contribution in [0.5, 0.6) is 0 Å². The number of carbonyl (C=O) groups excluding carboxylic acids is 2. The van der Waals surface area contributed by atoms with Gasteiger partial charge in [0, 0.05) is 36.9 Å². The molecule has 2 amide bonds. The van der Waals surface area contributed by atoms with E-state index in [4.69, 9.17) is 0 Å². The van der Waals surface area contributed by atoms with Crippen LogP contribution >= 0.6 is 0 Å². The predicted octanol–water partition coefficient (Wildman–Crippen LogP) is 1.95. The molecule has 3 rings (SSSR count). The molecule has 2 aliphatic rings. The first-order chi connectivity index (χ1) is 10.00. The van der Waals surface area contributed by atoms with Gasteiger partial charge in [0.05, 0.1) is 0 Å². The van der Waals surface area contributed by atoms with Gasteiger partial charge in [-0.2, -0.15) is 0 Å². The average molecular weight is 286 g/mol. The van der Waals surface area contributed by atoms with Gasteiger partial charge < -0.3 is 0 Å². The Labute approximate surface area is 125 Å². The van der Waals surface area contributed by atoms with Crippen molar-refractivity contribution in [1.82, 2.24) is 10.2 Å². The smallest absolute Gasteiger partial charge is 0.230 e. The maximum absolute atomic E-state index is 12.0. The summed E-state index contributed by atoms with van der Waals surface area (Å²) in [7, 11) is 0. The van der Waals surface area contributed by atoms with Crippen molar-refractivity contribution >= 4 is 11.8 Å². The molecular formula is C17H22N2O2. The Bertz CT molecular complexity index is 557. The predicted molar refractivity (Wildman–Crippen MR) is 80.3 cm³/mol. The van der Waals surface area contributed by atoms with E-state index in [2.05, 4.69) is 29.3 Å². The number of amides is 2. The van der Waals surface area contributed by atoms with Gasteiger partial charge in [0.15, 0.2) is 0 Å². The Kier molecular flexibility index (Phi) is 3.57. The van der Waals surface area contributed by atoms with E-state index in [1.807, 2.05) is 25.1 Å². The third kappa shape index (κ3) is 2.60. The summed E-state index contributed by atoms with van der Waals surface area (Å²) in [6.45, 7) is 5.86. The van der Waals surface area contributed by atoms with Crippen molar-refractivity contribution in [3.8, 4) is 0 Å². The molecule has 4 nitrogen and oxygen atoms in total. The first kappa shape index (κ1) is 14.3. The average Bonchev–Trinajstić information content (AvgIpc) is 2.74. The highest BCUT2D eigenvalue weighted by atomic mass is 16.2. The van der Waals surface area contributed by atoms with Gasteiger partial charge >= 0.3 is 0 Å². The molecule has 21 heavy (non-hydrogen) atoms. The summed E-state index contributed by atoms with van der Waals surface area (Å²) in [5, 5.41) is 2.46. The van der Waals surface area contributed by atoms with Gasteiger partial charge in [-0.05, 0) is 18.9 Å². The largest absolute Gasteiger partial charge is 0.296 e. The summed E-state index contributed by atoms with van der Waals surface area (Å²) in [5.41, 5.74) is 1.09. The zero-order valence-electron chi connectivity index (χ0n) is 12.6. The van der Waals surface area contributed by atoms with Crippen LogP contribution in [-0.4, -0.2) is 29.3 Å². The van der Waals surface area contributed by atoms with E-state index in [-0.39, 0.29) is 23.1 Å². The highest BCUT2D eigenvalue weighted by Crippen LogP contribution is 2.46. The number of hydrogen-bond acceptors (Lipinski definition) is 3. The summed E-state index contributed by atoms with van der Waals surface area (Å²) in [5.74, 6) is -0.328. The second-order valence-electron chi connectivity index (χ2n) is 6.62. The molecule has 1 spiro atoms. The number of hydrogen-bond donors (Lipinski definition) is 1. The lowest BCUT2D eigenvalue weighted by atomic mass is 9.69. The van der Waals surface area contributed by atoms with Crippen LogP contribution in [0, 0.1) is 11.3 Å². The highest BCUT2D eigenvalue weighted by Gasteiger charge is 2.51. The van der Waals surface area contributed by atoms with Crippen LogP contribution in [0.2, 0.25) is 0 Å². The molecule has 0 saturated carbocycles. The van der Waals surface area contributed by atoms with Crippen molar-refractivity contribution in [2.24, 2.45) is 11.3 Å². The molecule has 2 aliphatic heterocycles. The second kappa shape index (κ2) is 5.26. The van der Waals surface area contributed by atoms with E-state index < -0.39 is 0 Å². The lowest BCUT2D eigenvalue weighted by Gasteiger charge is -2.37. The Morgan fingerprint density at radius 2 is 1.95 bits per heavy atom. The van der Waals surface area contributed by atoms with E-state index in [0.29, 0.717) is 12.5 Å². The molecule has 4 heteroatoms. The number of likely N-dealkylation sites (tertiary alicyclic amines) is 1. The number of nitrogens with one attached hydrogen (secondary N) is 1. The molecule has 0 bridgehead atoms. The summed E-state index contributed by atoms with van der Waals surface area (Å²) >= 11 is 0. The van der Waals surface area contributed by atoms with E-state index in [1.165, 1.54) is 5.56 Å². The van der Waals surface area contributed by atoms with E-state index in [0.717, 1.165) is 19.5 Å². The molecule has 1 aromatic carbocycles. The molecule has 0 aliphatic carbocycles. The first-order valence-electron chi connectivity index (χ1n) is 7.62. The standard InChI is InChI=1S/C17H22N2O2/c1-12-8-17(9-15(20)18-16(21)13(17)2)11-19(12)10-14-6-4-3-5-7-14/h3-7,12-13H,8-11H2,1-2H3,(H,18,20,21). The second-order valence-corrected chi connectivity index (χ2v) is 6.62. The Balaban J connectivity index is 1.78. The fourth-order valence-corrected chi connectivity index (χ4v) is 3.85. The molecule has 3 atom stereocenters. The minimum Gasteiger partial charge on any atom is -0.296 e. The molecule has 3 unspecified atom stereocenters. The zero-order chi connectivity index (χ0) is 15.0. The molecular weight excluding hydrogens is 264 g/mol. The molecule has 1 N–H and O–H groups in total. The topological polar surface area (TPSA) is 49.4 Å². The number of piperidine rings is 1. The van der Waals surface area contributed by atoms with Crippen LogP contribution in [0.4, 0.5) is 0 Å².